The van der Waals surface area contributed by atoms with E-state index in [-0.39, 0.29) is 12.0 Å². The summed E-state index contributed by atoms with van der Waals surface area (Å²) in [5, 5.41) is 8.94. The summed E-state index contributed by atoms with van der Waals surface area (Å²) < 4.78 is 11.1. The first-order valence-corrected chi connectivity index (χ1v) is 8.37. The molecule has 1 saturated heterocycles. The summed E-state index contributed by atoms with van der Waals surface area (Å²) >= 11 is 0. The van der Waals surface area contributed by atoms with Gasteiger partial charge in [-0.25, -0.2) is 0 Å². The van der Waals surface area contributed by atoms with E-state index >= 15 is 0 Å². The molecule has 3 aromatic rings. The van der Waals surface area contributed by atoms with Crippen molar-refractivity contribution in [1.29, 1.82) is 0 Å². The monoisotopic (exact) mass is 340 g/mol. The molecule has 1 atom stereocenters. The predicted octanol–water partition coefficient (Wildman–Crippen LogP) is 2.31. The van der Waals surface area contributed by atoms with Crippen molar-refractivity contribution in [2.75, 3.05) is 19.7 Å². The standard InChI is InChI=1S/C18H20N4O3/c1-11-4-3-5-14-13(9-19-17(11)14)8-16(23)22-6-7-24-15(10-22)18-21-20-12(2)25-18/h3-5,9,15,19H,6-8,10H2,1-2H3/t15-/m0/s1. The van der Waals surface area contributed by atoms with Gasteiger partial charge in [0.2, 0.25) is 17.7 Å². The van der Waals surface area contributed by atoms with Gasteiger partial charge in [0.25, 0.3) is 0 Å². The van der Waals surface area contributed by atoms with Crippen LogP contribution in [0.5, 0.6) is 0 Å². The lowest BCUT2D eigenvalue weighted by Crippen LogP contribution is -2.43. The number of H-pyrrole nitrogens is 1. The lowest BCUT2D eigenvalue weighted by atomic mass is 10.1. The summed E-state index contributed by atoms with van der Waals surface area (Å²) in [5.41, 5.74) is 3.28. The van der Waals surface area contributed by atoms with E-state index in [9.17, 15) is 4.79 Å². The van der Waals surface area contributed by atoms with Crippen molar-refractivity contribution in [3.05, 3.63) is 47.3 Å². The molecule has 1 N–H and O–H groups in total. The fourth-order valence-electron chi connectivity index (χ4n) is 3.25. The second kappa shape index (κ2) is 6.33. The number of nitrogens with zero attached hydrogens (tertiary/aromatic N) is 3. The third-order valence-corrected chi connectivity index (χ3v) is 4.59. The fourth-order valence-corrected chi connectivity index (χ4v) is 3.25. The summed E-state index contributed by atoms with van der Waals surface area (Å²) in [5.74, 6) is 1.00. The lowest BCUT2D eigenvalue weighted by molar-refractivity contribution is -0.139. The lowest BCUT2D eigenvalue weighted by Gasteiger charge is -2.31. The molecular formula is C18H20N4O3. The molecule has 2 aromatic heterocycles. The van der Waals surface area contributed by atoms with Crippen LogP contribution in [-0.2, 0) is 16.0 Å². The number of hydrogen-bond donors (Lipinski definition) is 1. The van der Waals surface area contributed by atoms with Gasteiger partial charge in [-0.05, 0) is 18.1 Å². The van der Waals surface area contributed by atoms with E-state index in [2.05, 4.69) is 28.2 Å². The zero-order valence-corrected chi connectivity index (χ0v) is 14.3. The number of para-hydroxylation sites is 1. The molecule has 1 aliphatic rings. The van der Waals surface area contributed by atoms with Gasteiger partial charge in [-0.1, -0.05) is 18.2 Å². The van der Waals surface area contributed by atoms with Gasteiger partial charge in [0.15, 0.2) is 6.10 Å². The summed E-state index contributed by atoms with van der Waals surface area (Å²) in [6.07, 6.45) is 1.93. The number of morpholine rings is 1. The first-order valence-electron chi connectivity index (χ1n) is 8.37. The minimum absolute atomic E-state index is 0.0759. The Labute approximate surface area is 145 Å². The molecule has 0 radical (unpaired) electrons. The SMILES string of the molecule is Cc1nnc([C@@H]2CN(C(=O)Cc3c[nH]c4c(C)cccc34)CCO2)o1. The molecule has 3 heterocycles. The van der Waals surface area contributed by atoms with Crippen LogP contribution in [0.25, 0.3) is 10.9 Å². The molecular weight excluding hydrogens is 320 g/mol. The zero-order valence-electron chi connectivity index (χ0n) is 14.3. The quantitative estimate of drug-likeness (QED) is 0.791. The molecule has 0 unspecified atom stereocenters. The molecule has 0 saturated carbocycles. The number of aromatic nitrogens is 3. The normalized spacial score (nSPS) is 18.0. The maximum Gasteiger partial charge on any atom is 0.246 e. The highest BCUT2D eigenvalue weighted by molar-refractivity contribution is 5.90. The molecule has 0 aliphatic carbocycles. The highest BCUT2D eigenvalue weighted by Crippen LogP contribution is 2.24. The molecule has 0 spiro atoms. The first-order chi connectivity index (χ1) is 12.1. The molecule has 1 amide bonds. The van der Waals surface area contributed by atoms with Crippen LogP contribution in [0.4, 0.5) is 0 Å². The Morgan fingerprint density at radius 1 is 1.36 bits per heavy atom. The number of fused-ring (bicyclic) bond motifs is 1. The van der Waals surface area contributed by atoms with Crippen LogP contribution in [0, 0.1) is 13.8 Å². The molecule has 1 aliphatic heterocycles. The maximum absolute atomic E-state index is 12.8. The number of ether oxygens (including phenoxy) is 1. The highest BCUT2D eigenvalue weighted by atomic mass is 16.5. The second-order valence-electron chi connectivity index (χ2n) is 6.35. The largest absolute Gasteiger partial charge is 0.423 e. The average Bonchev–Trinajstić information content (AvgIpc) is 3.23. The molecule has 25 heavy (non-hydrogen) atoms. The van der Waals surface area contributed by atoms with Gasteiger partial charge in [0.1, 0.15) is 0 Å². The van der Waals surface area contributed by atoms with Gasteiger partial charge in [-0.3, -0.25) is 4.79 Å². The molecule has 1 fully saturated rings. The molecule has 1 aromatic carbocycles. The van der Waals surface area contributed by atoms with Crippen molar-refractivity contribution >= 4 is 16.8 Å². The summed E-state index contributed by atoms with van der Waals surface area (Å²) in [7, 11) is 0. The van der Waals surface area contributed by atoms with Crippen LogP contribution in [0.1, 0.15) is 29.0 Å². The molecule has 0 bridgehead atoms. The molecule has 130 valence electrons. The van der Waals surface area contributed by atoms with Crippen LogP contribution in [0.2, 0.25) is 0 Å². The second-order valence-corrected chi connectivity index (χ2v) is 6.35. The van der Waals surface area contributed by atoms with E-state index in [1.807, 2.05) is 23.2 Å². The Morgan fingerprint density at radius 3 is 3.04 bits per heavy atom. The van der Waals surface area contributed by atoms with Crippen LogP contribution >= 0.6 is 0 Å². The number of carbonyl (C=O) groups excluding carboxylic acids is 1. The Hall–Kier alpha value is -2.67. The number of carbonyl (C=O) groups is 1. The molecule has 7 nitrogen and oxygen atoms in total. The Kier molecular flexibility index (Phi) is 4.01. The van der Waals surface area contributed by atoms with E-state index in [0.717, 1.165) is 16.5 Å². The minimum Gasteiger partial charge on any atom is -0.423 e. The van der Waals surface area contributed by atoms with Crippen LogP contribution < -0.4 is 0 Å². The summed E-state index contributed by atoms with van der Waals surface area (Å²) in [4.78, 5) is 17.8. The van der Waals surface area contributed by atoms with Gasteiger partial charge in [0.05, 0.1) is 19.6 Å². The highest BCUT2D eigenvalue weighted by Gasteiger charge is 2.29. The summed E-state index contributed by atoms with van der Waals surface area (Å²) in [6.45, 7) is 5.27. The Morgan fingerprint density at radius 2 is 2.24 bits per heavy atom. The third-order valence-electron chi connectivity index (χ3n) is 4.59. The van der Waals surface area contributed by atoms with E-state index < -0.39 is 0 Å². The number of hydrogen-bond acceptors (Lipinski definition) is 5. The predicted molar refractivity (Wildman–Crippen MR) is 91.0 cm³/mol. The summed E-state index contributed by atoms with van der Waals surface area (Å²) in [6, 6.07) is 6.12. The fraction of sp³-hybridized carbons (Fsp3) is 0.389. The number of rotatable bonds is 3. The van der Waals surface area contributed by atoms with Gasteiger partial charge in [-0.15, -0.1) is 10.2 Å². The Balaban J connectivity index is 1.49. The molecule has 7 heteroatoms. The van der Waals surface area contributed by atoms with Crippen LogP contribution in [-0.4, -0.2) is 45.7 Å². The minimum atomic E-state index is -0.357. The van der Waals surface area contributed by atoms with Crippen LogP contribution in [0.15, 0.2) is 28.8 Å². The van der Waals surface area contributed by atoms with Crippen LogP contribution in [0.3, 0.4) is 0 Å². The van der Waals surface area contributed by atoms with Crippen molar-refractivity contribution in [1.82, 2.24) is 20.1 Å². The van der Waals surface area contributed by atoms with E-state index in [0.29, 0.717) is 37.9 Å². The van der Waals surface area contributed by atoms with Gasteiger partial charge >= 0.3 is 0 Å². The van der Waals surface area contributed by atoms with Gasteiger partial charge in [-0.2, -0.15) is 0 Å². The topological polar surface area (TPSA) is 84.2 Å². The smallest absolute Gasteiger partial charge is 0.246 e. The number of aromatic amines is 1. The number of amides is 1. The van der Waals surface area contributed by atoms with E-state index in [1.165, 1.54) is 5.56 Å². The van der Waals surface area contributed by atoms with Crippen molar-refractivity contribution in [3.63, 3.8) is 0 Å². The number of nitrogens with one attached hydrogen (secondary N) is 1. The maximum atomic E-state index is 12.8. The van der Waals surface area contributed by atoms with Gasteiger partial charge in [0, 0.05) is 30.6 Å². The number of benzene rings is 1. The van der Waals surface area contributed by atoms with E-state index in [4.69, 9.17) is 9.15 Å². The Bertz CT molecular complexity index is 914. The van der Waals surface area contributed by atoms with Crippen molar-refractivity contribution < 1.29 is 13.9 Å². The first kappa shape index (κ1) is 15.8. The average molecular weight is 340 g/mol. The number of aryl methyl sites for hydroxylation is 2. The van der Waals surface area contributed by atoms with Crippen molar-refractivity contribution in [2.45, 2.75) is 26.4 Å². The third kappa shape index (κ3) is 3.02. The van der Waals surface area contributed by atoms with Crippen molar-refractivity contribution in [3.8, 4) is 0 Å². The van der Waals surface area contributed by atoms with Crippen molar-refractivity contribution in [2.24, 2.45) is 0 Å². The van der Waals surface area contributed by atoms with E-state index in [1.54, 1.807) is 6.92 Å². The molecule has 4 rings (SSSR count). The zero-order chi connectivity index (χ0) is 17.4. The van der Waals surface area contributed by atoms with Gasteiger partial charge < -0.3 is 19.0 Å².